The van der Waals surface area contributed by atoms with Crippen molar-refractivity contribution in [3.63, 3.8) is 0 Å². The van der Waals surface area contributed by atoms with Gasteiger partial charge in [0.15, 0.2) is 6.61 Å². The van der Waals surface area contributed by atoms with E-state index in [1.54, 1.807) is 12.1 Å². The number of anilines is 2. The van der Waals surface area contributed by atoms with Gasteiger partial charge in [0.05, 0.1) is 16.2 Å². The summed E-state index contributed by atoms with van der Waals surface area (Å²) < 4.78 is 4.97. The number of hydrogen-bond acceptors (Lipinski definition) is 7. The molecule has 3 rings (SSSR count). The average molecular weight is 423 g/mol. The van der Waals surface area contributed by atoms with Crippen molar-refractivity contribution < 1.29 is 19.2 Å². The minimum atomic E-state index is -0.861. The van der Waals surface area contributed by atoms with Crippen LogP contribution in [0.3, 0.4) is 0 Å². The van der Waals surface area contributed by atoms with Crippen LogP contribution in [-0.2, 0) is 9.53 Å². The van der Waals surface area contributed by atoms with E-state index >= 15 is 0 Å². The highest BCUT2D eigenvalue weighted by Gasteiger charge is 2.18. The van der Waals surface area contributed by atoms with Crippen LogP contribution in [0.1, 0.15) is 10.4 Å². The van der Waals surface area contributed by atoms with Crippen LogP contribution in [0.4, 0.5) is 17.1 Å². The number of para-hydroxylation sites is 1. The molecule has 0 heterocycles. The molecular weight excluding hydrogens is 406 g/mol. The van der Waals surface area contributed by atoms with Gasteiger partial charge in [-0.3, -0.25) is 14.9 Å². The number of nitrogens with two attached hydrogens (primary N) is 1. The van der Waals surface area contributed by atoms with Gasteiger partial charge in [-0.25, -0.2) is 4.79 Å². The van der Waals surface area contributed by atoms with Crippen LogP contribution in [0, 0.1) is 10.1 Å². The maximum absolute atomic E-state index is 12.3. The molecule has 9 heteroatoms. The zero-order valence-electron chi connectivity index (χ0n) is 15.6. The SMILES string of the molecule is Nc1ccc(C(=O)OCC(=O)Nc2ccccc2Sc2ccccc2)cc1[N+](=O)[O-]. The number of carbonyl (C=O) groups excluding carboxylic acids is 2. The van der Waals surface area contributed by atoms with E-state index in [0.29, 0.717) is 5.69 Å². The van der Waals surface area contributed by atoms with Gasteiger partial charge in [0.1, 0.15) is 5.69 Å². The Balaban J connectivity index is 1.62. The fourth-order valence-electron chi connectivity index (χ4n) is 2.50. The minimum absolute atomic E-state index is 0.0660. The summed E-state index contributed by atoms with van der Waals surface area (Å²) in [5.41, 5.74) is 5.55. The molecule has 0 unspecified atom stereocenters. The number of esters is 1. The highest BCUT2D eigenvalue weighted by Crippen LogP contribution is 2.33. The van der Waals surface area contributed by atoms with Gasteiger partial charge in [-0.15, -0.1) is 0 Å². The quantitative estimate of drug-likeness (QED) is 0.253. The summed E-state index contributed by atoms with van der Waals surface area (Å²) in [6, 6.07) is 20.5. The maximum atomic E-state index is 12.3. The molecule has 3 N–H and O–H groups in total. The fraction of sp³-hybridized carbons (Fsp3) is 0.0476. The van der Waals surface area contributed by atoms with Crippen molar-refractivity contribution in [3.8, 4) is 0 Å². The van der Waals surface area contributed by atoms with Crippen molar-refractivity contribution in [2.75, 3.05) is 17.7 Å². The second kappa shape index (κ2) is 9.57. The molecule has 30 heavy (non-hydrogen) atoms. The molecule has 1 amide bonds. The molecule has 0 saturated carbocycles. The molecule has 3 aromatic rings. The number of carbonyl (C=O) groups is 2. The number of amides is 1. The predicted octanol–water partition coefficient (Wildman–Crippen LogP) is 4.12. The average Bonchev–Trinajstić information content (AvgIpc) is 2.74. The molecule has 0 aliphatic carbocycles. The lowest BCUT2D eigenvalue weighted by molar-refractivity contribution is -0.383. The highest BCUT2D eigenvalue weighted by atomic mass is 32.2. The Morgan fingerprint density at radius 3 is 2.47 bits per heavy atom. The van der Waals surface area contributed by atoms with E-state index in [2.05, 4.69) is 5.32 Å². The smallest absolute Gasteiger partial charge is 0.338 e. The summed E-state index contributed by atoms with van der Waals surface area (Å²) in [5.74, 6) is -1.39. The molecule has 152 valence electrons. The molecule has 3 aromatic carbocycles. The number of nitrogens with one attached hydrogen (secondary N) is 1. The summed E-state index contributed by atoms with van der Waals surface area (Å²) >= 11 is 1.48. The van der Waals surface area contributed by atoms with Gasteiger partial charge in [-0.2, -0.15) is 0 Å². The topological polar surface area (TPSA) is 125 Å². The number of ether oxygens (including phenoxy) is 1. The second-order valence-electron chi connectivity index (χ2n) is 6.07. The van der Waals surface area contributed by atoms with Crippen LogP contribution >= 0.6 is 11.8 Å². The molecule has 0 fully saturated rings. The van der Waals surface area contributed by atoms with E-state index in [0.717, 1.165) is 15.9 Å². The first-order valence-electron chi connectivity index (χ1n) is 8.77. The Hall–Kier alpha value is -3.85. The molecule has 0 spiro atoms. The third-order valence-electron chi connectivity index (χ3n) is 3.93. The Morgan fingerprint density at radius 2 is 1.73 bits per heavy atom. The van der Waals surface area contributed by atoms with Crippen molar-refractivity contribution in [1.82, 2.24) is 0 Å². The van der Waals surface area contributed by atoms with Gasteiger partial charge in [-0.1, -0.05) is 42.1 Å². The van der Waals surface area contributed by atoms with Gasteiger partial charge in [0, 0.05) is 15.9 Å². The van der Waals surface area contributed by atoms with Gasteiger partial charge >= 0.3 is 5.97 Å². The lowest BCUT2D eigenvalue weighted by Crippen LogP contribution is -2.21. The Labute approximate surface area is 176 Å². The number of nitrogens with zero attached hydrogens (tertiary/aromatic N) is 1. The van der Waals surface area contributed by atoms with Crippen LogP contribution < -0.4 is 11.1 Å². The molecule has 0 aliphatic rings. The molecular formula is C21H17N3O5S. The fourth-order valence-corrected chi connectivity index (χ4v) is 3.43. The molecule has 8 nitrogen and oxygen atoms in total. The monoisotopic (exact) mass is 423 g/mol. The first-order chi connectivity index (χ1) is 14.4. The molecule has 0 radical (unpaired) electrons. The van der Waals surface area contributed by atoms with Crippen molar-refractivity contribution in [2.45, 2.75) is 9.79 Å². The van der Waals surface area contributed by atoms with Crippen LogP contribution in [0.25, 0.3) is 0 Å². The van der Waals surface area contributed by atoms with E-state index in [1.807, 2.05) is 42.5 Å². The number of hydrogen-bond donors (Lipinski definition) is 2. The van der Waals surface area contributed by atoms with Gasteiger partial charge in [0.2, 0.25) is 0 Å². The van der Waals surface area contributed by atoms with E-state index in [4.69, 9.17) is 10.5 Å². The number of rotatable bonds is 7. The van der Waals surface area contributed by atoms with Crippen LogP contribution in [0.2, 0.25) is 0 Å². The van der Waals surface area contributed by atoms with Crippen molar-refractivity contribution in [1.29, 1.82) is 0 Å². The first kappa shape index (κ1) is 20.9. The Bertz CT molecular complexity index is 1090. The van der Waals surface area contributed by atoms with Gasteiger partial charge in [0.25, 0.3) is 11.6 Å². The van der Waals surface area contributed by atoms with Gasteiger partial charge < -0.3 is 15.8 Å². The lowest BCUT2D eigenvalue weighted by atomic mass is 10.2. The maximum Gasteiger partial charge on any atom is 0.338 e. The number of nitro groups is 1. The second-order valence-corrected chi connectivity index (χ2v) is 7.18. The summed E-state index contributed by atoms with van der Waals surface area (Å²) in [7, 11) is 0. The van der Waals surface area contributed by atoms with Crippen LogP contribution in [0.15, 0.2) is 82.6 Å². The highest BCUT2D eigenvalue weighted by molar-refractivity contribution is 7.99. The van der Waals surface area contributed by atoms with E-state index < -0.39 is 29.1 Å². The number of nitrogen functional groups attached to an aromatic ring is 1. The predicted molar refractivity (Wildman–Crippen MR) is 113 cm³/mol. The van der Waals surface area contributed by atoms with E-state index in [-0.39, 0.29) is 11.3 Å². The molecule has 0 bridgehead atoms. The van der Waals surface area contributed by atoms with Crippen LogP contribution in [0.5, 0.6) is 0 Å². The lowest BCUT2D eigenvalue weighted by Gasteiger charge is -2.11. The summed E-state index contributed by atoms with van der Waals surface area (Å²) in [6.45, 7) is -0.540. The normalized spacial score (nSPS) is 10.3. The Kier molecular flexibility index (Phi) is 6.66. The van der Waals surface area contributed by atoms with Crippen molar-refractivity contribution >= 4 is 40.7 Å². The third kappa shape index (κ3) is 5.36. The molecule has 0 saturated heterocycles. The number of benzene rings is 3. The minimum Gasteiger partial charge on any atom is -0.452 e. The number of nitro benzene ring substituents is 1. The molecule has 0 aromatic heterocycles. The molecule has 0 aliphatic heterocycles. The Morgan fingerprint density at radius 1 is 1.03 bits per heavy atom. The largest absolute Gasteiger partial charge is 0.452 e. The zero-order chi connectivity index (χ0) is 21.5. The van der Waals surface area contributed by atoms with Gasteiger partial charge in [-0.05, 0) is 36.4 Å². The summed E-state index contributed by atoms with van der Waals surface area (Å²) in [5, 5.41) is 13.6. The first-order valence-corrected chi connectivity index (χ1v) is 9.58. The summed E-state index contributed by atoms with van der Waals surface area (Å²) in [6.07, 6.45) is 0. The third-order valence-corrected chi connectivity index (χ3v) is 5.01. The van der Waals surface area contributed by atoms with Crippen molar-refractivity contribution in [2.24, 2.45) is 0 Å². The standard InChI is InChI=1S/C21H17N3O5S/c22-16-11-10-14(12-18(16)24(27)28)21(26)29-13-20(25)23-17-8-4-5-9-19(17)30-15-6-2-1-3-7-15/h1-12H,13,22H2,(H,23,25). The van der Waals surface area contributed by atoms with Crippen LogP contribution in [-0.4, -0.2) is 23.4 Å². The molecule has 0 atom stereocenters. The van der Waals surface area contributed by atoms with E-state index in [9.17, 15) is 19.7 Å². The van der Waals surface area contributed by atoms with Crippen molar-refractivity contribution in [3.05, 3.63) is 88.5 Å². The van der Waals surface area contributed by atoms with E-state index in [1.165, 1.54) is 23.9 Å². The zero-order valence-corrected chi connectivity index (χ0v) is 16.4. The summed E-state index contributed by atoms with van der Waals surface area (Å²) in [4.78, 5) is 36.5.